The van der Waals surface area contributed by atoms with Crippen molar-refractivity contribution in [3.8, 4) is 0 Å². The molecular formula is C17H23N3O5. The minimum Gasteiger partial charge on any atom is -0.479 e. The first kappa shape index (κ1) is 18.7. The van der Waals surface area contributed by atoms with Crippen LogP contribution in [0, 0.1) is 0 Å². The van der Waals surface area contributed by atoms with Crippen molar-refractivity contribution in [1.82, 2.24) is 15.1 Å². The van der Waals surface area contributed by atoms with Crippen LogP contribution in [-0.2, 0) is 20.9 Å². The summed E-state index contributed by atoms with van der Waals surface area (Å²) in [6.07, 6.45) is -0.860. The number of aliphatic carboxylic acids is 1. The van der Waals surface area contributed by atoms with Gasteiger partial charge in [0.1, 0.15) is 0 Å². The van der Waals surface area contributed by atoms with E-state index < -0.39 is 12.1 Å². The molecule has 0 bridgehead atoms. The summed E-state index contributed by atoms with van der Waals surface area (Å²) in [6, 6.07) is 9.34. The number of benzene rings is 1. The molecule has 1 unspecified atom stereocenters. The minimum absolute atomic E-state index is 0.0377. The third-order valence-electron chi connectivity index (χ3n) is 3.92. The van der Waals surface area contributed by atoms with E-state index in [2.05, 4.69) is 5.32 Å². The summed E-state index contributed by atoms with van der Waals surface area (Å²) in [6.45, 7) is 1.28. The van der Waals surface area contributed by atoms with Crippen molar-refractivity contribution in [2.24, 2.45) is 0 Å². The van der Waals surface area contributed by atoms with Crippen LogP contribution in [0.3, 0.4) is 0 Å². The zero-order valence-electron chi connectivity index (χ0n) is 14.2. The molecule has 1 aliphatic rings. The quantitative estimate of drug-likeness (QED) is 0.780. The molecule has 0 aromatic heterocycles. The maximum absolute atomic E-state index is 12.1. The van der Waals surface area contributed by atoms with Gasteiger partial charge >= 0.3 is 12.0 Å². The highest BCUT2D eigenvalue weighted by Crippen LogP contribution is 2.07. The first-order valence-corrected chi connectivity index (χ1v) is 8.12. The highest BCUT2D eigenvalue weighted by Gasteiger charge is 2.28. The molecule has 0 radical (unpaired) electrons. The van der Waals surface area contributed by atoms with E-state index >= 15 is 0 Å². The highest BCUT2D eigenvalue weighted by molar-refractivity contribution is 5.80. The Morgan fingerprint density at radius 1 is 1.32 bits per heavy atom. The molecule has 2 N–H and O–H groups in total. The van der Waals surface area contributed by atoms with Gasteiger partial charge in [-0.2, -0.15) is 0 Å². The fraction of sp³-hybridized carbons (Fsp3) is 0.471. The number of hydrogen-bond donors (Lipinski definition) is 2. The SMILES string of the molecule is CN(Cc1ccccc1)C(=O)NCCC(=O)N1CCOC(C(=O)O)C1. The lowest BCUT2D eigenvalue weighted by Gasteiger charge is -2.31. The Labute approximate surface area is 146 Å². The topological polar surface area (TPSA) is 99.2 Å². The number of morpholine rings is 1. The highest BCUT2D eigenvalue weighted by atomic mass is 16.5. The summed E-state index contributed by atoms with van der Waals surface area (Å²) in [5.74, 6) is -1.27. The van der Waals surface area contributed by atoms with Gasteiger partial charge in [-0.05, 0) is 5.56 Å². The monoisotopic (exact) mass is 349 g/mol. The van der Waals surface area contributed by atoms with Crippen LogP contribution >= 0.6 is 0 Å². The molecule has 1 fully saturated rings. The van der Waals surface area contributed by atoms with Crippen LogP contribution in [-0.4, -0.2) is 72.2 Å². The second kappa shape index (κ2) is 9.03. The van der Waals surface area contributed by atoms with Gasteiger partial charge in [0.05, 0.1) is 13.2 Å². The summed E-state index contributed by atoms with van der Waals surface area (Å²) >= 11 is 0. The first-order valence-electron chi connectivity index (χ1n) is 8.12. The molecule has 25 heavy (non-hydrogen) atoms. The van der Waals surface area contributed by atoms with Crippen molar-refractivity contribution in [3.05, 3.63) is 35.9 Å². The Hall–Kier alpha value is -2.61. The predicted octanol–water partition coefficient (Wildman–Crippen LogP) is 0.530. The summed E-state index contributed by atoms with van der Waals surface area (Å²) in [5.41, 5.74) is 1.02. The van der Waals surface area contributed by atoms with Gasteiger partial charge in [0.2, 0.25) is 5.91 Å². The van der Waals surface area contributed by atoms with Crippen LogP contribution in [0.25, 0.3) is 0 Å². The number of carboxylic acid groups (broad SMARTS) is 1. The Morgan fingerprint density at radius 2 is 2.04 bits per heavy atom. The maximum Gasteiger partial charge on any atom is 0.334 e. The van der Waals surface area contributed by atoms with Crippen LogP contribution in [0.2, 0.25) is 0 Å². The molecule has 1 aromatic rings. The van der Waals surface area contributed by atoms with Crippen LogP contribution in [0.1, 0.15) is 12.0 Å². The van der Waals surface area contributed by atoms with E-state index in [4.69, 9.17) is 9.84 Å². The molecule has 1 aromatic carbocycles. The third kappa shape index (κ3) is 5.75. The molecule has 1 aliphatic heterocycles. The van der Waals surface area contributed by atoms with Gasteiger partial charge in [0.15, 0.2) is 6.10 Å². The lowest BCUT2D eigenvalue weighted by Crippen LogP contribution is -2.49. The largest absolute Gasteiger partial charge is 0.479 e. The zero-order chi connectivity index (χ0) is 18.2. The number of ether oxygens (including phenoxy) is 1. The summed E-state index contributed by atoms with van der Waals surface area (Å²) < 4.78 is 5.08. The van der Waals surface area contributed by atoms with Crippen LogP contribution in [0.4, 0.5) is 4.79 Å². The average Bonchev–Trinajstić information content (AvgIpc) is 2.62. The molecule has 8 heteroatoms. The normalized spacial score (nSPS) is 17.0. The van der Waals surface area contributed by atoms with Crippen molar-refractivity contribution in [3.63, 3.8) is 0 Å². The Bertz CT molecular complexity index is 608. The molecule has 0 saturated carbocycles. The van der Waals surface area contributed by atoms with Gasteiger partial charge in [-0.25, -0.2) is 9.59 Å². The molecule has 2 rings (SSSR count). The van der Waals surface area contributed by atoms with Gasteiger partial charge in [0, 0.05) is 33.1 Å². The molecule has 0 spiro atoms. The number of rotatable bonds is 6. The number of carboxylic acids is 1. The number of urea groups is 1. The van der Waals surface area contributed by atoms with E-state index in [1.54, 1.807) is 7.05 Å². The number of nitrogens with one attached hydrogen (secondary N) is 1. The number of amides is 3. The predicted molar refractivity (Wildman–Crippen MR) is 89.9 cm³/mol. The van der Waals surface area contributed by atoms with Gasteiger partial charge in [0.25, 0.3) is 0 Å². The zero-order valence-corrected chi connectivity index (χ0v) is 14.2. The number of carbonyl (C=O) groups is 3. The standard InChI is InChI=1S/C17H23N3O5/c1-19(11-13-5-3-2-4-6-13)17(24)18-8-7-15(21)20-9-10-25-14(12-20)16(22)23/h2-6,14H,7-12H2,1H3,(H,18,24)(H,22,23). The molecular weight excluding hydrogens is 326 g/mol. The first-order chi connectivity index (χ1) is 12.0. The fourth-order valence-electron chi connectivity index (χ4n) is 2.52. The number of hydrogen-bond acceptors (Lipinski definition) is 4. The molecule has 1 atom stereocenters. The third-order valence-corrected chi connectivity index (χ3v) is 3.92. The van der Waals surface area contributed by atoms with E-state index in [-0.39, 0.29) is 38.1 Å². The van der Waals surface area contributed by atoms with Crippen molar-refractivity contribution in [2.75, 3.05) is 33.3 Å². The molecule has 136 valence electrons. The van der Waals surface area contributed by atoms with Crippen molar-refractivity contribution >= 4 is 17.9 Å². The van der Waals surface area contributed by atoms with Crippen molar-refractivity contribution in [2.45, 2.75) is 19.1 Å². The summed E-state index contributed by atoms with van der Waals surface area (Å²) in [4.78, 5) is 38.1. The molecule has 8 nitrogen and oxygen atoms in total. The molecule has 1 heterocycles. The smallest absolute Gasteiger partial charge is 0.334 e. The van der Waals surface area contributed by atoms with Gasteiger partial charge in [-0.1, -0.05) is 30.3 Å². The van der Waals surface area contributed by atoms with Crippen LogP contribution in [0.15, 0.2) is 30.3 Å². The van der Waals surface area contributed by atoms with Crippen molar-refractivity contribution in [1.29, 1.82) is 0 Å². The molecule has 3 amide bonds. The molecule has 0 aliphatic carbocycles. The van der Waals surface area contributed by atoms with E-state index in [1.165, 1.54) is 9.80 Å². The van der Waals surface area contributed by atoms with Crippen molar-refractivity contribution < 1.29 is 24.2 Å². The van der Waals surface area contributed by atoms with Crippen LogP contribution < -0.4 is 5.32 Å². The van der Waals surface area contributed by atoms with Gasteiger partial charge in [-0.3, -0.25) is 4.79 Å². The fourth-order valence-corrected chi connectivity index (χ4v) is 2.52. The van der Waals surface area contributed by atoms with E-state index in [0.29, 0.717) is 13.1 Å². The second-order valence-electron chi connectivity index (χ2n) is 5.86. The average molecular weight is 349 g/mol. The van der Waals surface area contributed by atoms with E-state index in [0.717, 1.165) is 5.56 Å². The lowest BCUT2D eigenvalue weighted by atomic mass is 10.2. The van der Waals surface area contributed by atoms with E-state index in [1.807, 2.05) is 30.3 Å². The Balaban J connectivity index is 1.71. The maximum atomic E-state index is 12.1. The van der Waals surface area contributed by atoms with Gasteiger partial charge < -0.3 is 25.0 Å². The summed E-state index contributed by atoms with van der Waals surface area (Å²) in [7, 11) is 1.68. The number of carbonyl (C=O) groups excluding carboxylic acids is 2. The second-order valence-corrected chi connectivity index (χ2v) is 5.86. The van der Waals surface area contributed by atoms with E-state index in [9.17, 15) is 14.4 Å². The minimum atomic E-state index is -1.08. The Kier molecular flexibility index (Phi) is 6.76. The number of nitrogens with zero attached hydrogens (tertiary/aromatic N) is 2. The van der Waals surface area contributed by atoms with Gasteiger partial charge in [-0.15, -0.1) is 0 Å². The summed E-state index contributed by atoms with van der Waals surface area (Å²) in [5, 5.41) is 11.6. The van der Waals surface area contributed by atoms with Crippen LogP contribution in [0.5, 0.6) is 0 Å². The Morgan fingerprint density at radius 3 is 2.72 bits per heavy atom. The molecule has 1 saturated heterocycles. The lowest BCUT2D eigenvalue weighted by molar-refractivity contribution is -0.159.